The largest absolute Gasteiger partial charge is 1.00 e. The normalized spacial score (nSPS) is 10.7. The summed E-state index contributed by atoms with van der Waals surface area (Å²) in [4.78, 5) is 0. The first-order valence-corrected chi connectivity index (χ1v) is 10.8. The summed E-state index contributed by atoms with van der Waals surface area (Å²) < 4.78 is 4.80. The first kappa shape index (κ1) is 25.2. The van der Waals surface area contributed by atoms with Crippen LogP contribution in [0.25, 0.3) is 0 Å². The summed E-state index contributed by atoms with van der Waals surface area (Å²) in [7, 11) is 0. The van der Waals surface area contributed by atoms with Crippen LogP contribution < -0.4 is 21.5 Å². The van der Waals surface area contributed by atoms with Crippen molar-refractivity contribution in [3.63, 3.8) is 0 Å². The highest BCUT2D eigenvalue weighted by atomic mass is 79.9. The molecule has 1 heterocycles. The predicted octanol–water partition coefficient (Wildman–Crippen LogP) is 3.24. The minimum absolute atomic E-state index is 0. The van der Waals surface area contributed by atoms with Crippen molar-refractivity contribution >= 4 is 0 Å². The zero-order valence-electron chi connectivity index (χ0n) is 17.5. The Morgan fingerprint density at radius 1 is 0.923 bits per heavy atom. The topological polar surface area (TPSA) is 8.81 Å². The standard InChI is InChI=1S/C23H41N2.BrH/c1-5-9-10-11-12-13-14-15-16-17-19-24-20-21-25(22(7-3)8-4)23(24)18-6-2;/h2,20-22H,5,7-19H2,1,3-4H3;1H/q+1;/p-1. The Balaban J connectivity index is 0.00000625. The summed E-state index contributed by atoms with van der Waals surface area (Å²) in [5.74, 6) is 4.16. The molecule has 0 amide bonds. The van der Waals surface area contributed by atoms with Gasteiger partial charge < -0.3 is 17.0 Å². The lowest BCUT2D eigenvalue weighted by Gasteiger charge is -2.11. The van der Waals surface area contributed by atoms with Crippen LogP contribution in [0.4, 0.5) is 0 Å². The molecular weight excluding hydrogens is 384 g/mol. The van der Waals surface area contributed by atoms with Crippen molar-refractivity contribution in [2.45, 2.75) is 117 Å². The van der Waals surface area contributed by atoms with Crippen LogP contribution in [0.2, 0.25) is 0 Å². The van der Waals surface area contributed by atoms with Gasteiger partial charge in [0.1, 0.15) is 24.9 Å². The minimum atomic E-state index is 0. The molecule has 0 bridgehead atoms. The molecule has 0 aliphatic carbocycles. The van der Waals surface area contributed by atoms with Gasteiger partial charge in [0.2, 0.25) is 0 Å². The van der Waals surface area contributed by atoms with Crippen molar-refractivity contribution in [1.82, 2.24) is 4.57 Å². The molecule has 150 valence electrons. The Kier molecular flexibility index (Phi) is 16.0. The van der Waals surface area contributed by atoms with Gasteiger partial charge in [-0.3, -0.25) is 0 Å². The zero-order valence-corrected chi connectivity index (χ0v) is 19.1. The molecule has 0 aliphatic heterocycles. The van der Waals surface area contributed by atoms with Gasteiger partial charge in [-0.05, 0) is 25.7 Å². The third-order valence-corrected chi connectivity index (χ3v) is 5.39. The Hall–Kier alpha value is -0.750. The number of nitrogens with zero attached hydrogens (tertiary/aromatic N) is 2. The number of halogens is 1. The van der Waals surface area contributed by atoms with E-state index in [1.165, 1.54) is 82.9 Å². The van der Waals surface area contributed by atoms with Crippen LogP contribution in [0, 0.1) is 12.3 Å². The maximum atomic E-state index is 5.62. The van der Waals surface area contributed by atoms with E-state index < -0.39 is 0 Å². The van der Waals surface area contributed by atoms with E-state index in [0.717, 1.165) is 13.0 Å². The Morgan fingerprint density at radius 3 is 1.96 bits per heavy atom. The average Bonchev–Trinajstić information content (AvgIpc) is 3.01. The summed E-state index contributed by atoms with van der Waals surface area (Å²) in [6.45, 7) is 7.92. The molecule has 2 nitrogen and oxygen atoms in total. The highest BCUT2D eigenvalue weighted by Gasteiger charge is 2.21. The number of hydrogen-bond acceptors (Lipinski definition) is 0. The zero-order chi connectivity index (χ0) is 18.3. The van der Waals surface area contributed by atoms with Crippen LogP contribution in [-0.2, 0) is 13.0 Å². The van der Waals surface area contributed by atoms with E-state index in [-0.39, 0.29) is 17.0 Å². The van der Waals surface area contributed by atoms with Gasteiger partial charge in [-0.25, -0.2) is 9.13 Å². The Bertz CT molecular complexity index is 483. The third kappa shape index (κ3) is 9.26. The number of unbranched alkanes of at least 4 members (excludes halogenated alkanes) is 9. The number of terminal acetylenes is 1. The summed E-state index contributed by atoms with van der Waals surface area (Å²) in [5, 5.41) is 0. The van der Waals surface area contributed by atoms with Crippen molar-refractivity contribution in [1.29, 1.82) is 0 Å². The molecule has 0 spiro atoms. The van der Waals surface area contributed by atoms with Gasteiger partial charge in [0.05, 0.1) is 6.54 Å². The van der Waals surface area contributed by atoms with Gasteiger partial charge in [-0.1, -0.05) is 78.1 Å². The average molecular weight is 425 g/mol. The Labute approximate surface area is 173 Å². The highest BCUT2D eigenvalue weighted by Crippen LogP contribution is 2.17. The lowest BCUT2D eigenvalue weighted by molar-refractivity contribution is -0.703. The van der Waals surface area contributed by atoms with Gasteiger partial charge in [-0.2, -0.15) is 0 Å². The summed E-state index contributed by atoms with van der Waals surface area (Å²) in [6, 6.07) is 0.581. The van der Waals surface area contributed by atoms with Crippen LogP contribution in [-0.4, -0.2) is 4.57 Å². The van der Waals surface area contributed by atoms with Crippen molar-refractivity contribution in [3.05, 3.63) is 18.2 Å². The highest BCUT2D eigenvalue weighted by molar-refractivity contribution is 4.99. The van der Waals surface area contributed by atoms with Crippen molar-refractivity contribution in [2.75, 3.05) is 0 Å². The molecule has 0 aliphatic rings. The molecule has 3 heteroatoms. The molecule has 0 saturated heterocycles. The quantitative estimate of drug-likeness (QED) is 0.232. The van der Waals surface area contributed by atoms with Crippen LogP contribution in [0.5, 0.6) is 0 Å². The van der Waals surface area contributed by atoms with E-state index in [2.05, 4.69) is 48.2 Å². The second kappa shape index (κ2) is 16.4. The first-order chi connectivity index (χ1) is 12.3. The molecule has 1 aromatic heterocycles. The van der Waals surface area contributed by atoms with Gasteiger partial charge in [0, 0.05) is 0 Å². The monoisotopic (exact) mass is 424 g/mol. The molecule has 0 atom stereocenters. The third-order valence-electron chi connectivity index (χ3n) is 5.39. The molecule has 0 fully saturated rings. The molecule has 1 aromatic rings. The lowest BCUT2D eigenvalue weighted by Crippen LogP contribution is -3.00. The predicted molar refractivity (Wildman–Crippen MR) is 109 cm³/mol. The van der Waals surface area contributed by atoms with Gasteiger partial charge in [0.15, 0.2) is 0 Å². The van der Waals surface area contributed by atoms with Gasteiger partial charge in [0.25, 0.3) is 5.82 Å². The smallest absolute Gasteiger partial charge is 0.268 e. The van der Waals surface area contributed by atoms with Crippen molar-refractivity contribution in [3.8, 4) is 12.3 Å². The molecule has 26 heavy (non-hydrogen) atoms. The van der Waals surface area contributed by atoms with Crippen molar-refractivity contribution in [2.24, 2.45) is 0 Å². The van der Waals surface area contributed by atoms with E-state index in [9.17, 15) is 0 Å². The molecule has 0 N–H and O–H groups in total. The number of hydrogen-bond donors (Lipinski definition) is 0. The Morgan fingerprint density at radius 2 is 1.46 bits per heavy atom. The lowest BCUT2D eigenvalue weighted by atomic mass is 10.1. The fourth-order valence-corrected chi connectivity index (χ4v) is 3.74. The first-order valence-electron chi connectivity index (χ1n) is 10.8. The fraction of sp³-hybridized carbons (Fsp3) is 0.783. The van der Waals surface area contributed by atoms with E-state index in [0.29, 0.717) is 6.04 Å². The van der Waals surface area contributed by atoms with Crippen LogP contribution in [0.15, 0.2) is 12.4 Å². The number of imidazole rings is 1. The van der Waals surface area contributed by atoms with E-state index in [1.807, 2.05) is 0 Å². The molecule has 0 saturated carbocycles. The molecular formula is C23H41BrN2. The molecule has 0 unspecified atom stereocenters. The number of aromatic nitrogens is 2. The maximum absolute atomic E-state index is 5.62. The summed E-state index contributed by atoms with van der Waals surface area (Å²) in [5.41, 5.74) is 0. The molecule has 0 radical (unpaired) electrons. The van der Waals surface area contributed by atoms with E-state index in [1.54, 1.807) is 0 Å². The van der Waals surface area contributed by atoms with Crippen LogP contribution in [0.3, 0.4) is 0 Å². The van der Waals surface area contributed by atoms with E-state index in [4.69, 9.17) is 6.42 Å². The number of aryl methyl sites for hydroxylation is 1. The summed E-state index contributed by atoms with van der Waals surface area (Å²) >= 11 is 0. The second-order valence-corrected chi connectivity index (χ2v) is 7.35. The second-order valence-electron chi connectivity index (χ2n) is 7.35. The van der Waals surface area contributed by atoms with E-state index >= 15 is 0 Å². The number of rotatable bonds is 15. The molecule has 0 aromatic carbocycles. The molecule has 1 rings (SSSR count). The summed E-state index contributed by atoms with van der Waals surface area (Å²) in [6.07, 6.45) is 27.0. The van der Waals surface area contributed by atoms with Gasteiger partial charge >= 0.3 is 0 Å². The van der Waals surface area contributed by atoms with Crippen molar-refractivity contribution < 1.29 is 21.5 Å². The van der Waals surface area contributed by atoms with Crippen LogP contribution >= 0.6 is 0 Å². The van der Waals surface area contributed by atoms with Crippen LogP contribution in [0.1, 0.15) is 110 Å². The SMILES string of the molecule is C#CCc1n(C(CC)CC)cc[n+]1CCCCCCCCCCCC.[Br-]. The van der Waals surface area contributed by atoms with Gasteiger partial charge in [-0.15, -0.1) is 6.42 Å². The minimum Gasteiger partial charge on any atom is -1.00 e. The fourth-order valence-electron chi connectivity index (χ4n) is 3.74. The maximum Gasteiger partial charge on any atom is 0.268 e.